The normalized spacial score (nSPS) is 26.3. The zero-order valence-electron chi connectivity index (χ0n) is 17.5. The molecule has 0 radical (unpaired) electrons. The van der Waals surface area contributed by atoms with Crippen molar-refractivity contribution in [1.82, 2.24) is 10.3 Å². The van der Waals surface area contributed by atoms with Crippen molar-refractivity contribution in [2.24, 2.45) is 5.92 Å². The van der Waals surface area contributed by atoms with Gasteiger partial charge in [-0.25, -0.2) is 0 Å². The number of aromatic nitrogens is 1. The summed E-state index contributed by atoms with van der Waals surface area (Å²) in [6.07, 6.45) is 7.26. The van der Waals surface area contributed by atoms with E-state index in [1.54, 1.807) is 6.20 Å². The second kappa shape index (κ2) is 7.16. The molecule has 3 nitrogen and oxygen atoms in total. The van der Waals surface area contributed by atoms with Gasteiger partial charge in [-0.05, 0) is 85.1 Å². The molecule has 158 valence electrons. The summed E-state index contributed by atoms with van der Waals surface area (Å²) < 4.78 is 0. The summed E-state index contributed by atoms with van der Waals surface area (Å²) in [4.78, 5) is 4.39. The number of nitrogens with zero attached hydrogens (tertiary/aromatic N) is 1. The highest BCUT2D eigenvalue weighted by Crippen LogP contribution is 2.64. The van der Waals surface area contributed by atoms with Crippen molar-refractivity contribution in [2.75, 3.05) is 13.1 Å². The zero-order valence-corrected chi connectivity index (χ0v) is 18.3. The first-order valence-electron chi connectivity index (χ1n) is 11.3. The minimum atomic E-state index is -0.942. The molecule has 0 amide bonds. The van der Waals surface area contributed by atoms with Crippen LogP contribution in [0.15, 0.2) is 67.0 Å². The Bertz CT molecular complexity index is 1130. The fourth-order valence-electron chi connectivity index (χ4n) is 6.71. The minimum Gasteiger partial charge on any atom is -0.385 e. The van der Waals surface area contributed by atoms with E-state index in [4.69, 9.17) is 11.6 Å². The third kappa shape index (κ3) is 2.83. The lowest BCUT2D eigenvalue weighted by molar-refractivity contribution is -0.0567. The lowest BCUT2D eigenvalue weighted by Crippen LogP contribution is -2.46. The Morgan fingerprint density at radius 2 is 1.84 bits per heavy atom. The Hall–Kier alpha value is -2.20. The molecule has 2 bridgehead atoms. The molecule has 3 atom stereocenters. The fourth-order valence-corrected chi connectivity index (χ4v) is 6.88. The van der Waals surface area contributed by atoms with Gasteiger partial charge in [0.1, 0.15) is 0 Å². The Morgan fingerprint density at radius 1 is 1.03 bits per heavy atom. The molecular weight excluding hydrogens is 404 g/mol. The molecule has 2 aromatic carbocycles. The summed E-state index contributed by atoms with van der Waals surface area (Å²) in [6.45, 7) is 1.89. The predicted octanol–water partition coefficient (Wildman–Crippen LogP) is 5.15. The molecule has 1 aromatic heterocycles. The number of hydrogen-bond acceptors (Lipinski definition) is 3. The van der Waals surface area contributed by atoms with E-state index >= 15 is 0 Å². The van der Waals surface area contributed by atoms with Crippen LogP contribution >= 0.6 is 11.6 Å². The van der Waals surface area contributed by atoms with E-state index in [-0.39, 0.29) is 11.3 Å². The second-order valence-corrected chi connectivity index (χ2v) is 9.96. The molecule has 2 heterocycles. The molecular formula is C27H27ClN2O. The molecule has 2 aliphatic carbocycles. The van der Waals surface area contributed by atoms with Gasteiger partial charge < -0.3 is 10.4 Å². The summed E-state index contributed by atoms with van der Waals surface area (Å²) >= 11 is 6.51. The number of pyridine rings is 1. The number of nitrogens with one attached hydrogen (secondary N) is 1. The van der Waals surface area contributed by atoms with E-state index in [1.807, 2.05) is 18.3 Å². The van der Waals surface area contributed by atoms with E-state index in [9.17, 15) is 5.11 Å². The highest BCUT2D eigenvalue weighted by Gasteiger charge is 2.57. The van der Waals surface area contributed by atoms with Crippen LogP contribution in [0.2, 0.25) is 5.02 Å². The van der Waals surface area contributed by atoms with Gasteiger partial charge in [0.2, 0.25) is 0 Å². The van der Waals surface area contributed by atoms with Crippen LogP contribution in [-0.2, 0) is 11.0 Å². The second-order valence-electron chi connectivity index (χ2n) is 9.52. The number of aliphatic hydroxyl groups is 1. The molecule has 1 aliphatic heterocycles. The third-order valence-electron chi connectivity index (χ3n) is 8.06. The Labute approximate surface area is 188 Å². The van der Waals surface area contributed by atoms with Crippen molar-refractivity contribution >= 4 is 11.6 Å². The minimum absolute atomic E-state index is 0.196. The Balaban J connectivity index is 1.54. The van der Waals surface area contributed by atoms with Crippen molar-refractivity contribution in [2.45, 2.75) is 42.6 Å². The number of benzene rings is 2. The topological polar surface area (TPSA) is 45.2 Å². The maximum Gasteiger partial charge on any atom is 0.0952 e. The summed E-state index contributed by atoms with van der Waals surface area (Å²) in [5, 5.41) is 16.7. The number of hydrogen-bond donors (Lipinski definition) is 2. The monoisotopic (exact) mass is 430 g/mol. The predicted molar refractivity (Wildman–Crippen MR) is 123 cm³/mol. The van der Waals surface area contributed by atoms with Crippen LogP contribution in [0.5, 0.6) is 0 Å². The summed E-state index contributed by atoms with van der Waals surface area (Å²) in [7, 11) is 0. The van der Waals surface area contributed by atoms with Crippen molar-refractivity contribution in [1.29, 1.82) is 0 Å². The van der Waals surface area contributed by atoms with Crippen LogP contribution in [0.4, 0.5) is 0 Å². The van der Waals surface area contributed by atoms with Gasteiger partial charge >= 0.3 is 0 Å². The van der Waals surface area contributed by atoms with E-state index in [0.29, 0.717) is 12.3 Å². The van der Waals surface area contributed by atoms with Gasteiger partial charge in [-0.3, -0.25) is 4.98 Å². The van der Waals surface area contributed by atoms with Crippen LogP contribution in [0.3, 0.4) is 0 Å². The van der Waals surface area contributed by atoms with Crippen LogP contribution in [-0.4, -0.2) is 23.2 Å². The van der Waals surface area contributed by atoms with E-state index in [1.165, 1.54) is 22.3 Å². The first kappa shape index (κ1) is 19.5. The maximum absolute atomic E-state index is 12.5. The average molecular weight is 431 g/mol. The summed E-state index contributed by atoms with van der Waals surface area (Å²) in [6, 6.07) is 19.2. The zero-order chi connectivity index (χ0) is 21.1. The van der Waals surface area contributed by atoms with Gasteiger partial charge in [0, 0.05) is 34.3 Å². The van der Waals surface area contributed by atoms with Gasteiger partial charge in [-0.1, -0.05) is 48.0 Å². The SMILES string of the molecule is OC(C[C@]12C[C@H](c3ccccc31)c1ccc(Cl)cc12)(c1cccnc1)C1CCNCC1. The molecule has 4 heteroatoms. The lowest BCUT2D eigenvalue weighted by atomic mass is 9.63. The Kier molecular flexibility index (Phi) is 4.50. The fraction of sp³-hybridized carbons (Fsp3) is 0.370. The van der Waals surface area contributed by atoms with E-state index in [0.717, 1.165) is 42.9 Å². The van der Waals surface area contributed by atoms with Crippen LogP contribution in [0.1, 0.15) is 59.4 Å². The van der Waals surface area contributed by atoms with E-state index in [2.05, 4.69) is 52.8 Å². The number of rotatable bonds is 4. The standard InChI is InChI=1S/C27H27ClN2O/c28-20-7-8-22-23-15-26(25(22)14-20,24-6-2-1-5-21(23)24)17-27(31,18-9-12-29-13-10-18)19-4-3-11-30-16-19/h1-8,11,14,16,18,23,29,31H,9-10,12-13,15,17H2/t23-,26-,27?/m1/s1. The summed E-state index contributed by atoms with van der Waals surface area (Å²) in [5.41, 5.74) is 5.23. The molecule has 31 heavy (non-hydrogen) atoms. The first-order valence-corrected chi connectivity index (χ1v) is 11.7. The third-order valence-corrected chi connectivity index (χ3v) is 8.29. The molecule has 1 fully saturated rings. The summed E-state index contributed by atoms with van der Waals surface area (Å²) in [5.74, 6) is 0.580. The average Bonchev–Trinajstić information content (AvgIpc) is 3.31. The molecule has 0 spiro atoms. The van der Waals surface area contributed by atoms with Crippen molar-refractivity contribution in [3.8, 4) is 0 Å². The van der Waals surface area contributed by atoms with Gasteiger partial charge in [0.15, 0.2) is 0 Å². The van der Waals surface area contributed by atoms with Crippen LogP contribution in [0.25, 0.3) is 0 Å². The molecule has 2 N–H and O–H groups in total. The molecule has 3 aliphatic rings. The number of fused-ring (bicyclic) bond motifs is 8. The van der Waals surface area contributed by atoms with Crippen molar-refractivity contribution < 1.29 is 5.11 Å². The largest absolute Gasteiger partial charge is 0.385 e. The van der Waals surface area contributed by atoms with E-state index < -0.39 is 5.60 Å². The van der Waals surface area contributed by atoms with Crippen molar-refractivity contribution in [3.63, 3.8) is 0 Å². The lowest BCUT2D eigenvalue weighted by Gasteiger charge is -2.45. The van der Waals surface area contributed by atoms with Gasteiger partial charge in [-0.15, -0.1) is 0 Å². The molecule has 1 unspecified atom stereocenters. The van der Waals surface area contributed by atoms with Crippen molar-refractivity contribution in [3.05, 3.63) is 99.8 Å². The van der Waals surface area contributed by atoms with Crippen LogP contribution < -0.4 is 5.32 Å². The maximum atomic E-state index is 12.5. The number of halogens is 1. The van der Waals surface area contributed by atoms with Gasteiger partial charge in [0.25, 0.3) is 0 Å². The Morgan fingerprint density at radius 3 is 2.65 bits per heavy atom. The highest BCUT2D eigenvalue weighted by atomic mass is 35.5. The van der Waals surface area contributed by atoms with Gasteiger partial charge in [-0.2, -0.15) is 0 Å². The highest BCUT2D eigenvalue weighted by molar-refractivity contribution is 6.30. The molecule has 1 saturated heterocycles. The quantitative estimate of drug-likeness (QED) is 0.601. The molecule has 3 aromatic rings. The van der Waals surface area contributed by atoms with Crippen LogP contribution in [0, 0.1) is 5.92 Å². The number of piperidine rings is 1. The molecule has 0 saturated carbocycles. The first-order chi connectivity index (χ1) is 15.1. The molecule has 6 rings (SSSR count). The van der Waals surface area contributed by atoms with Gasteiger partial charge in [0.05, 0.1) is 5.60 Å². The smallest absolute Gasteiger partial charge is 0.0952 e.